The fraction of sp³-hybridized carbons (Fsp3) is 0.562. The Morgan fingerprint density at radius 3 is 2.04 bits per heavy atom. The van der Waals surface area contributed by atoms with Crippen molar-refractivity contribution in [2.45, 2.75) is 33.1 Å². The van der Waals surface area contributed by atoms with Gasteiger partial charge in [-0.3, -0.25) is 9.10 Å². The second kappa shape index (κ2) is 9.07. The lowest BCUT2D eigenvalue weighted by Crippen LogP contribution is -2.38. The molecular formula is C16H23F3N2O3S. The third-order valence-electron chi connectivity index (χ3n) is 3.55. The summed E-state index contributed by atoms with van der Waals surface area (Å²) in [7, 11) is -3.98. The Labute approximate surface area is 146 Å². The highest BCUT2D eigenvalue weighted by Gasteiger charge is 2.25. The van der Waals surface area contributed by atoms with Gasteiger partial charge in [-0.25, -0.2) is 21.6 Å². The second-order valence-corrected chi connectivity index (χ2v) is 7.57. The third kappa shape index (κ3) is 5.62. The molecule has 142 valence electrons. The molecule has 9 heteroatoms. The van der Waals surface area contributed by atoms with E-state index in [9.17, 15) is 26.4 Å². The second-order valence-electron chi connectivity index (χ2n) is 5.66. The molecule has 1 amide bonds. The largest absolute Gasteiger partial charge is 0.343 e. The highest BCUT2D eigenvalue weighted by Crippen LogP contribution is 2.25. The van der Waals surface area contributed by atoms with Gasteiger partial charge in [-0.1, -0.05) is 13.8 Å². The summed E-state index contributed by atoms with van der Waals surface area (Å²) in [4.78, 5) is 13.9. The average molecular weight is 380 g/mol. The van der Waals surface area contributed by atoms with Gasteiger partial charge in [-0.2, -0.15) is 0 Å². The Morgan fingerprint density at radius 2 is 1.56 bits per heavy atom. The lowest BCUT2D eigenvalue weighted by Gasteiger charge is -2.26. The van der Waals surface area contributed by atoms with Crippen molar-refractivity contribution in [3.63, 3.8) is 0 Å². The number of carbonyl (C=O) groups is 1. The first-order chi connectivity index (χ1) is 11.6. The Hall–Kier alpha value is -1.77. The summed E-state index contributed by atoms with van der Waals surface area (Å²) < 4.78 is 64.9. The molecule has 1 aromatic rings. The van der Waals surface area contributed by atoms with E-state index in [2.05, 4.69) is 0 Å². The van der Waals surface area contributed by atoms with Gasteiger partial charge >= 0.3 is 0 Å². The van der Waals surface area contributed by atoms with Gasteiger partial charge < -0.3 is 4.90 Å². The molecule has 1 aromatic carbocycles. The predicted octanol–water partition coefficient (Wildman–Crippen LogP) is 2.91. The maximum Gasteiger partial charge on any atom is 0.232 e. The van der Waals surface area contributed by atoms with Crippen molar-refractivity contribution in [3.8, 4) is 0 Å². The normalized spacial score (nSPS) is 11.4. The van der Waals surface area contributed by atoms with Crippen LogP contribution in [0.25, 0.3) is 0 Å². The van der Waals surface area contributed by atoms with Crippen molar-refractivity contribution in [3.05, 3.63) is 29.6 Å². The van der Waals surface area contributed by atoms with Crippen molar-refractivity contribution in [2.75, 3.05) is 30.2 Å². The lowest BCUT2D eigenvalue weighted by molar-refractivity contribution is -0.131. The zero-order valence-electron chi connectivity index (χ0n) is 14.6. The van der Waals surface area contributed by atoms with Crippen LogP contribution in [0.5, 0.6) is 0 Å². The lowest BCUT2D eigenvalue weighted by atomic mass is 10.2. The Morgan fingerprint density at radius 1 is 1.00 bits per heavy atom. The molecule has 0 saturated heterocycles. The molecule has 0 spiro atoms. The van der Waals surface area contributed by atoms with Gasteiger partial charge in [0.25, 0.3) is 0 Å². The quantitative estimate of drug-likeness (QED) is 0.619. The molecule has 0 heterocycles. The van der Waals surface area contributed by atoms with E-state index in [0.717, 1.165) is 25.2 Å². The minimum atomic E-state index is -3.98. The first-order valence-corrected chi connectivity index (χ1v) is 9.87. The smallest absolute Gasteiger partial charge is 0.232 e. The summed E-state index contributed by atoms with van der Waals surface area (Å²) >= 11 is 0. The van der Waals surface area contributed by atoms with Gasteiger partial charge in [0, 0.05) is 26.1 Å². The van der Waals surface area contributed by atoms with Crippen LogP contribution < -0.4 is 4.31 Å². The molecule has 0 aliphatic heterocycles. The highest BCUT2D eigenvalue weighted by atomic mass is 32.2. The van der Waals surface area contributed by atoms with E-state index in [1.54, 1.807) is 4.90 Å². The van der Waals surface area contributed by atoms with Gasteiger partial charge in [-0.15, -0.1) is 0 Å². The Kier molecular flexibility index (Phi) is 7.72. The maximum absolute atomic E-state index is 14.0. The number of benzene rings is 1. The summed E-state index contributed by atoms with van der Waals surface area (Å²) in [6.07, 6.45) is 2.12. The molecule has 0 bridgehead atoms. The van der Waals surface area contributed by atoms with Crippen LogP contribution in [0.1, 0.15) is 33.1 Å². The average Bonchev–Trinajstić information content (AvgIpc) is 2.53. The third-order valence-corrected chi connectivity index (χ3v) is 4.73. The highest BCUT2D eigenvalue weighted by molar-refractivity contribution is 7.92. The predicted molar refractivity (Wildman–Crippen MR) is 90.3 cm³/mol. The summed E-state index contributed by atoms with van der Waals surface area (Å²) in [5.41, 5.74) is -0.619. The number of nitrogens with zero attached hydrogens (tertiary/aromatic N) is 2. The van der Waals surface area contributed by atoms with E-state index >= 15 is 0 Å². The van der Waals surface area contributed by atoms with Crippen LogP contribution in [-0.4, -0.2) is 45.1 Å². The van der Waals surface area contributed by atoms with Crippen LogP contribution in [0.4, 0.5) is 18.9 Å². The molecule has 0 radical (unpaired) electrons. The number of sulfonamides is 1. The van der Waals surface area contributed by atoms with E-state index in [1.807, 2.05) is 13.8 Å². The van der Waals surface area contributed by atoms with Crippen LogP contribution in [0.3, 0.4) is 0 Å². The van der Waals surface area contributed by atoms with Crippen LogP contribution >= 0.6 is 0 Å². The van der Waals surface area contributed by atoms with Crippen LogP contribution in [0.2, 0.25) is 0 Å². The molecule has 0 aromatic heterocycles. The van der Waals surface area contributed by atoms with Gasteiger partial charge in [0.05, 0.1) is 11.9 Å². The van der Waals surface area contributed by atoms with Crippen LogP contribution in [-0.2, 0) is 14.8 Å². The zero-order chi connectivity index (χ0) is 19.2. The minimum Gasteiger partial charge on any atom is -0.343 e. The molecular weight excluding hydrogens is 357 g/mol. The molecule has 0 fully saturated rings. The molecule has 0 atom stereocenters. The minimum absolute atomic E-state index is 0.189. The van der Waals surface area contributed by atoms with Crippen molar-refractivity contribution in [1.29, 1.82) is 0 Å². The number of hydrogen-bond donors (Lipinski definition) is 0. The molecule has 0 N–H and O–H groups in total. The SMILES string of the molecule is CCCN(CCC)C(=O)CCN(c1ccc(F)c(F)c1F)S(C)(=O)=O. The summed E-state index contributed by atoms with van der Waals surface area (Å²) in [5, 5.41) is 0. The van der Waals surface area contributed by atoms with Gasteiger partial charge in [-0.05, 0) is 25.0 Å². The van der Waals surface area contributed by atoms with Crippen molar-refractivity contribution < 1.29 is 26.4 Å². The fourth-order valence-corrected chi connectivity index (χ4v) is 3.35. The van der Waals surface area contributed by atoms with Crippen molar-refractivity contribution >= 4 is 21.6 Å². The summed E-state index contributed by atoms with van der Waals surface area (Å²) in [6.45, 7) is 4.53. The number of rotatable bonds is 9. The van der Waals surface area contributed by atoms with Crippen LogP contribution in [0, 0.1) is 17.5 Å². The van der Waals surface area contributed by atoms with Gasteiger partial charge in [0.1, 0.15) is 0 Å². The molecule has 1 rings (SSSR count). The fourth-order valence-electron chi connectivity index (χ4n) is 2.43. The summed E-state index contributed by atoms with van der Waals surface area (Å²) in [6, 6.07) is 1.49. The number of carbonyl (C=O) groups excluding carboxylic acids is 1. The number of hydrogen-bond acceptors (Lipinski definition) is 3. The first kappa shape index (κ1) is 21.3. The molecule has 25 heavy (non-hydrogen) atoms. The molecule has 0 saturated carbocycles. The van der Waals surface area contributed by atoms with Gasteiger partial charge in [0.15, 0.2) is 17.5 Å². The summed E-state index contributed by atoms with van der Waals surface area (Å²) in [5.74, 6) is -5.05. The van der Waals surface area contributed by atoms with Gasteiger partial charge in [0.2, 0.25) is 15.9 Å². The monoisotopic (exact) mass is 380 g/mol. The molecule has 5 nitrogen and oxygen atoms in total. The number of amides is 1. The van der Waals surface area contributed by atoms with E-state index in [1.165, 1.54) is 0 Å². The van der Waals surface area contributed by atoms with E-state index in [4.69, 9.17) is 0 Å². The molecule has 0 unspecified atom stereocenters. The Balaban J connectivity index is 3.04. The van der Waals surface area contributed by atoms with E-state index in [-0.39, 0.29) is 18.9 Å². The van der Waals surface area contributed by atoms with Crippen molar-refractivity contribution in [1.82, 2.24) is 4.90 Å². The number of anilines is 1. The first-order valence-electron chi connectivity index (χ1n) is 8.02. The standard InChI is InChI=1S/C16H23F3N2O3S/c1-4-9-20(10-5-2)14(22)8-11-21(25(3,23)24)13-7-6-12(17)15(18)16(13)19/h6-7H,4-5,8-11H2,1-3H3. The molecule has 0 aliphatic carbocycles. The maximum atomic E-state index is 14.0. The van der Waals surface area contributed by atoms with Crippen LogP contribution in [0.15, 0.2) is 12.1 Å². The molecule has 0 aliphatic rings. The topological polar surface area (TPSA) is 57.7 Å². The number of halogens is 3. The zero-order valence-corrected chi connectivity index (χ0v) is 15.4. The van der Waals surface area contributed by atoms with E-state index < -0.39 is 33.2 Å². The van der Waals surface area contributed by atoms with Crippen molar-refractivity contribution in [2.24, 2.45) is 0 Å². The Bertz CT molecular complexity index is 705. The van der Waals surface area contributed by atoms with E-state index in [0.29, 0.717) is 23.5 Å².